The number of hydrogen-bond donors (Lipinski definition) is 4. The normalized spacial score (nSPS) is 11.9. The van der Waals surface area contributed by atoms with E-state index in [1.807, 2.05) is 19.9 Å². The zero-order valence-electron chi connectivity index (χ0n) is 17.1. The molecule has 0 unspecified atom stereocenters. The molecule has 9 heteroatoms. The van der Waals surface area contributed by atoms with Crippen LogP contribution in [0.1, 0.15) is 44.0 Å². The first-order valence-electron chi connectivity index (χ1n) is 9.80. The number of amides is 3. The Morgan fingerprint density at radius 1 is 1.21 bits per heavy atom. The number of benzene rings is 1. The Hall–Kier alpha value is -3.10. The third kappa shape index (κ3) is 7.44. The average Bonchev–Trinajstić information content (AvgIpc) is 3.13. The lowest BCUT2D eigenvalue weighted by atomic mass is 10.0. The number of aromatic amines is 1. The lowest BCUT2D eigenvalue weighted by molar-refractivity contribution is -0.121. The molecule has 1 atom stereocenters. The summed E-state index contributed by atoms with van der Waals surface area (Å²) in [5.41, 5.74) is 1.28. The molecule has 4 N–H and O–H groups in total. The number of aromatic nitrogens is 2. The minimum Gasteiger partial charge on any atom is -0.450 e. The third-order valence-corrected chi connectivity index (χ3v) is 4.24. The van der Waals surface area contributed by atoms with Crippen molar-refractivity contribution in [3.05, 3.63) is 30.0 Å². The minimum atomic E-state index is -0.492. The zero-order chi connectivity index (χ0) is 21.2. The van der Waals surface area contributed by atoms with E-state index in [1.54, 1.807) is 25.3 Å². The summed E-state index contributed by atoms with van der Waals surface area (Å²) in [7, 11) is 0. The molecule has 3 amide bonds. The van der Waals surface area contributed by atoms with Gasteiger partial charge < -0.3 is 20.7 Å². The second-order valence-corrected chi connectivity index (χ2v) is 7.17. The molecule has 0 aliphatic rings. The van der Waals surface area contributed by atoms with Crippen LogP contribution in [0.15, 0.2) is 24.4 Å². The van der Waals surface area contributed by atoms with E-state index in [0.717, 1.165) is 10.9 Å². The molecular formula is C20H29N5O4. The van der Waals surface area contributed by atoms with Crippen LogP contribution in [0, 0.1) is 5.92 Å². The Kier molecular flexibility index (Phi) is 8.45. The molecule has 2 rings (SSSR count). The topological polar surface area (TPSA) is 125 Å². The molecule has 0 radical (unpaired) electrons. The van der Waals surface area contributed by atoms with Gasteiger partial charge in [0.2, 0.25) is 5.91 Å². The predicted octanol–water partition coefficient (Wildman–Crippen LogP) is 1.96. The van der Waals surface area contributed by atoms with Crippen molar-refractivity contribution in [2.24, 2.45) is 5.92 Å². The minimum absolute atomic E-state index is 0.145. The molecule has 1 aromatic carbocycles. The summed E-state index contributed by atoms with van der Waals surface area (Å²) >= 11 is 0. The van der Waals surface area contributed by atoms with Crippen molar-refractivity contribution in [2.75, 3.05) is 19.7 Å². The lowest BCUT2D eigenvalue weighted by Crippen LogP contribution is -2.45. The molecule has 0 aliphatic carbocycles. The van der Waals surface area contributed by atoms with Gasteiger partial charge in [0.25, 0.3) is 5.91 Å². The van der Waals surface area contributed by atoms with E-state index in [0.29, 0.717) is 31.1 Å². The van der Waals surface area contributed by atoms with Gasteiger partial charge in [-0.2, -0.15) is 5.10 Å². The van der Waals surface area contributed by atoms with Crippen molar-refractivity contribution in [3.8, 4) is 0 Å². The maximum Gasteiger partial charge on any atom is 0.407 e. The van der Waals surface area contributed by atoms with Gasteiger partial charge in [0.1, 0.15) is 0 Å². The van der Waals surface area contributed by atoms with E-state index in [4.69, 9.17) is 4.74 Å². The first-order valence-corrected chi connectivity index (χ1v) is 9.80. The highest BCUT2D eigenvalue weighted by molar-refractivity contribution is 5.97. The number of rotatable bonds is 10. The molecule has 9 nitrogen and oxygen atoms in total. The molecule has 1 heterocycles. The van der Waals surface area contributed by atoms with Crippen molar-refractivity contribution >= 4 is 28.8 Å². The second kappa shape index (κ2) is 11.0. The summed E-state index contributed by atoms with van der Waals surface area (Å²) in [4.78, 5) is 35.9. The van der Waals surface area contributed by atoms with Gasteiger partial charge in [-0.25, -0.2) is 4.79 Å². The number of nitrogens with zero attached hydrogens (tertiary/aromatic N) is 1. The van der Waals surface area contributed by atoms with Gasteiger partial charge >= 0.3 is 6.09 Å². The number of H-pyrrole nitrogens is 1. The first-order chi connectivity index (χ1) is 13.9. The molecular weight excluding hydrogens is 374 g/mol. The predicted molar refractivity (Wildman–Crippen MR) is 109 cm³/mol. The maximum absolute atomic E-state index is 12.2. The van der Waals surface area contributed by atoms with Crippen LogP contribution in [-0.4, -0.2) is 53.8 Å². The van der Waals surface area contributed by atoms with E-state index in [9.17, 15) is 14.4 Å². The third-order valence-electron chi connectivity index (χ3n) is 4.24. The number of hydrogen-bond acceptors (Lipinski definition) is 5. The van der Waals surface area contributed by atoms with Crippen LogP contribution in [-0.2, 0) is 9.53 Å². The SMILES string of the molecule is CCOC(=O)N[C@H](CNC(=O)CCNC(=O)c1ccc2cn[nH]c2c1)CC(C)C. The fourth-order valence-corrected chi connectivity index (χ4v) is 2.90. The Balaban J connectivity index is 1.74. The molecule has 0 fully saturated rings. The molecule has 158 valence electrons. The second-order valence-electron chi connectivity index (χ2n) is 7.17. The van der Waals surface area contributed by atoms with Gasteiger partial charge in [0, 0.05) is 36.5 Å². The van der Waals surface area contributed by atoms with Gasteiger partial charge in [0.15, 0.2) is 0 Å². The smallest absolute Gasteiger partial charge is 0.407 e. The highest BCUT2D eigenvalue weighted by atomic mass is 16.5. The zero-order valence-corrected chi connectivity index (χ0v) is 17.1. The Morgan fingerprint density at radius 2 is 2.00 bits per heavy atom. The van der Waals surface area contributed by atoms with Crippen LogP contribution >= 0.6 is 0 Å². The first kappa shape index (κ1) is 22.2. The van der Waals surface area contributed by atoms with Crippen LogP contribution in [0.25, 0.3) is 10.9 Å². The van der Waals surface area contributed by atoms with E-state index in [-0.39, 0.29) is 30.8 Å². The summed E-state index contributed by atoms with van der Waals surface area (Å²) in [5, 5.41) is 16.0. The fourth-order valence-electron chi connectivity index (χ4n) is 2.90. The molecule has 1 aromatic heterocycles. The van der Waals surface area contributed by atoms with Crippen molar-refractivity contribution < 1.29 is 19.1 Å². The largest absolute Gasteiger partial charge is 0.450 e. The van der Waals surface area contributed by atoms with Crippen molar-refractivity contribution in [1.29, 1.82) is 0 Å². The average molecular weight is 403 g/mol. The summed E-state index contributed by atoms with van der Waals surface area (Å²) in [5.74, 6) is -0.102. The number of carbonyl (C=O) groups is 3. The molecule has 0 spiro atoms. The lowest BCUT2D eigenvalue weighted by Gasteiger charge is -2.20. The van der Waals surface area contributed by atoms with Crippen LogP contribution in [0.2, 0.25) is 0 Å². The van der Waals surface area contributed by atoms with E-state index in [1.165, 1.54) is 0 Å². The summed E-state index contributed by atoms with van der Waals surface area (Å²) in [6.07, 6.45) is 2.05. The quantitative estimate of drug-likeness (QED) is 0.483. The van der Waals surface area contributed by atoms with Gasteiger partial charge in [-0.15, -0.1) is 0 Å². The van der Waals surface area contributed by atoms with Crippen LogP contribution in [0.3, 0.4) is 0 Å². The molecule has 0 saturated heterocycles. The van der Waals surface area contributed by atoms with E-state index < -0.39 is 6.09 Å². The highest BCUT2D eigenvalue weighted by Crippen LogP contribution is 2.12. The number of fused-ring (bicyclic) bond motifs is 1. The molecule has 29 heavy (non-hydrogen) atoms. The van der Waals surface area contributed by atoms with E-state index in [2.05, 4.69) is 26.1 Å². The highest BCUT2D eigenvalue weighted by Gasteiger charge is 2.16. The maximum atomic E-state index is 12.2. The van der Waals surface area contributed by atoms with Gasteiger partial charge in [-0.3, -0.25) is 14.7 Å². The van der Waals surface area contributed by atoms with Gasteiger partial charge in [-0.1, -0.05) is 19.9 Å². The Bertz CT molecular complexity index is 833. The van der Waals surface area contributed by atoms with Gasteiger partial charge in [-0.05, 0) is 31.4 Å². The standard InChI is InChI=1S/C20H29N5O4/c1-4-29-20(28)24-16(9-13(2)3)12-22-18(26)7-8-21-19(27)14-5-6-15-11-23-25-17(15)10-14/h5-6,10-11,13,16H,4,7-9,12H2,1-3H3,(H,21,27)(H,22,26)(H,23,25)(H,24,28)/t16-/m0/s1. The summed E-state index contributed by atoms with van der Waals surface area (Å²) in [6.45, 7) is 6.63. The molecule has 0 aliphatic heterocycles. The van der Waals surface area contributed by atoms with Crippen LogP contribution in [0.4, 0.5) is 4.79 Å². The van der Waals surface area contributed by atoms with Crippen LogP contribution < -0.4 is 16.0 Å². The van der Waals surface area contributed by atoms with Crippen molar-refractivity contribution in [3.63, 3.8) is 0 Å². The number of nitrogens with one attached hydrogen (secondary N) is 4. The molecule has 2 aromatic rings. The number of carbonyl (C=O) groups excluding carboxylic acids is 3. The van der Waals surface area contributed by atoms with Crippen LogP contribution in [0.5, 0.6) is 0 Å². The monoisotopic (exact) mass is 403 g/mol. The molecule has 0 bridgehead atoms. The number of alkyl carbamates (subject to hydrolysis) is 1. The Labute approximate surface area is 170 Å². The van der Waals surface area contributed by atoms with Crippen molar-refractivity contribution in [1.82, 2.24) is 26.1 Å². The van der Waals surface area contributed by atoms with E-state index >= 15 is 0 Å². The number of ether oxygens (including phenoxy) is 1. The molecule has 0 saturated carbocycles. The summed E-state index contributed by atoms with van der Waals surface area (Å²) in [6, 6.07) is 5.03. The van der Waals surface area contributed by atoms with Gasteiger partial charge in [0.05, 0.1) is 18.3 Å². The van der Waals surface area contributed by atoms with Crippen molar-refractivity contribution in [2.45, 2.75) is 39.7 Å². The Morgan fingerprint density at radius 3 is 2.72 bits per heavy atom. The fraction of sp³-hybridized carbons (Fsp3) is 0.500. The summed E-state index contributed by atoms with van der Waals surface area (Å²) < 4.78 is 4.90.